The molecular weight excluding hydrogens is 318 g/mol. The molecule has 0 spiro atoms. The highest BCUT2D eigenvalue weighted by Gasteiger charge is 2.34. The molecule has 0 saturated heterocycles. The normalized spacial score (nSPS) is 17.5. The van der Waals surface area contributed by atoms with Crippen LogP contribution in [0.2, 0.25) is 0 Å². The molecule has 1 aromatic heterocycles. The van der Waals surface area contributed by atoms with Crippen LogP contribution in [0.4, 0.5) is 0 Å². The van der Waals surface area contributed by atoms with E-state index in [0.29, 0.717) is 0 Å². The highest BCUT2D eigenvalue weighted by atomic mass is 16.4. The number of nitrogens with zero attached hydrogens (tertiary/aromatic N) is 1. The monoisotopic (exact) mass is 341 g/mol. The standard InChI is InChI=1S/C20H23NO4/c1-12(20(23)24)10-21(16-5-6-16)19(22)9-15-11-25-18-8-14-4-2-3-13(14)7-17(15)18/h7-8,11-12,16H,2-6,9-10H2,1H3,(H,23,24). The van der Waals surface area contributed by atoms with E-state index in [1.54, 1.807) is 18.1 Å². The van der Waals surface area contributed by atoms with Gasteiger partial charge < -0.3 is 14.4 Å². The zero-order valence-electron chi connectivity index (χ0n) is 14.5. The number of benzene rings is 1. The molecular formula is C20H23NO4. The second-order valence-electron chi connectivity index (χ2n) is 7.42. The number of carboxylic acid groups (broad SMARTS) is 1. The summed E-state index contributed by atoms with van der Waals surface area (Å²) in [5.41, 5.74) is 4.47. The Morgan fingerprint density at radius 3 is 2.68 bits per heavy atom. The first-order valence-corrected chi connectivity index (χ1v) is 9.07. The number of aryl methyl sites for hydroxylation is 2. The van der Waals surface area contributed by atoms with Gasteiger partial charge in [-0.3, -0.25) is 9.59 Å². The van der Waals surface area contributed by atoms with Crippen LogP contribution in [0.1, 0.15) is 42.9 Å². The van der Waals surface area contributed by atoms with Crippen molar-refractivity contribution in [1.82, 2.24) is 4.90 Å². The lowest BCUT2D eigenvalue weighted by Gasteiger charge is -2.24. The summed E-state index contributed by atoms with van der Waals surface area (Å²) in [6.45, 7) is 1.94. The fourth-order valence-electron chi connectivity index (χ4n) is 3.76. The quantitative estimate of drug-likeness (QED) is 0.876. The first kappa shape index (κ1) is 16.2. The Labute approximate surface area is 146 Å². The van der Waals surface area contributed by atoms with Crippen LogP contribution in [0.3, 0.4) is 0 Å². The molecule has 4 rings (SSSR count). The van der Waals surface area contributed by atoms with Crippen molar-refractivity contribution in [3.63, 3.8) is 0 Å². The van der Waals surface area contributed by atoms with E-state index in [9.17, 15) is 9.59 Å². The van der Waals surface area contributed by atoms with Crippen LogP contribution in [0.25, 0.3) is 11.0 Å². The summed E-state index contributed by atoms with van der Waals surface area (Å²) < 4.78 is 5.69. The molecule has 0 bridgehead atoms. The lowest BCUT2D eigenvalue weighted by molar-refractivity contribution is -0.143. The zero-order valence-corrected chi connectivity index (χ0v) is 14.5. The highest BCUT2D eigenvalue weighted by Crippen LogP contribution is 2.32. The van der Waals surface area contributed by atoms with Crippen molar-refractivity contribution in [2.24, 2.45) is 5.92 Å². The average Bonchev–Trinajstić information content (AvgIpc) is 3.20. The number of amides is 1. The maximum atomic E-state index is 12.8. The Kier molecular flexibility index (Phi) is 4.02. The molecule has 25 heavy (non-hydrogen) atoms. The van der Waals surface area contributed by atoms with E-state index >= 15 is 0 Å². The van der Waals surface area contributed by atoms with E-state index < -0.39 is 11.9 Å². The third-order valence-corrected chi connectivity index (χ3v) is 5.41. The Bertz CT molecular complexity index is 834. The molecule has 1 fully saturated rings. The van der Waals surface area contributed by atoms with E-state index in [2.05, 4.69) is 12.1 Å². The van der Waals surface area contributed by atoms with Gasteiger partial charge in [-0.1, -0.05) is 6.92 Å². The molecule has 1 amide bonds. The zero-order chi connectivity index (χ0) is 17.6. The number of furan rings is 1. The van der Waals surface area contributed by atoms with Crippen LogP contribution in [0.5, 0.6) is 0 Å². The maximum absolute atomic E-state index is 12.8. The number of rotatable bonds is 6. The lowest BCUT2D eigenvalue weighted by Crippen LogP contribution is -2.39. The fraction of sp³-hybridized carbons (Fsp3) is 0.500. The first-order valence-electron chi connectivity index (χ1n) is 9.07. The van der Waals surface area contributed by atoms with Gasteiger partial charge in [-0.15, -0.1) is 0 Å². The molecule has 1 N–H and O–H groups in total. The minimum Gasteiger partial charge on any atom is -0.481 e. The van der Waals surface area contributed by atoms with E-state index in [1.165, 1.54) is 17.5 Å². The van der Waals surface area contributed by atoms with Gasteiger partial charge in [0, 0.05) is 23.5 Å². The second kappa shape index (κ2) is 6.21. The Hall–Kier alpha value is -2.30. The van der Waals surface area contributed by atoms with E-state index in [4.69, 9.17) is 9.52 Å². The van der Waals surface area contributed by atoms with E-state index in [1.807, 2.05) is 0 Å². The van der Waals surface area contributed by atoms with Gasteiger partial charge in [-0.05, 0) is 55.4 Å². The van der Waals surface area contributed by atoms with Gasteiger partial charge >= 0.3 is 5.97 Å². The van der Waals surface area contributed by atoms with Crippen molar-refractivity contribution >= 4 is 22.8 Å². The third kappa shape index (κ3) is 3.15. The van der Waals surface area contributed by atoms with Gasteiger partial charge in [0.2, 0.25) is 5.91 Å². The van der Waals surface area contributed by atoms with Crippen LogP contribution < -0.4 is 0 Å². The molecule has 2 aliphatic carbocycles. The molecule has 2 aliphatic rings. The smallest absolute Gasteiger partial charge is 0.308 e. The predicted molar refractivity (Wildman–Crippen MR) is 93.5 cm³/mol. The van der Waals surface area contributed by atoms with Gasteiger partial charge in [0.25, 0.3) is 0 Å². The molecule has 1 saturated carbocycles. The molecule has 1 heterocycles. The number of carbonyl (C=O) groups is 2. The molecule has 2 aromatic rings. The Balaban J connectivity index is 1.55. The summed E-state index contributed by atoms with van der Waals surface area (Å²) >= 11 is 0. The van der Waals surface area contributed by atoms with Crippen molar-refractivity contribution in [3.05, 3.63) is 35.1 Å². The number of fused-ring (bicyclic) bond motifs is 2. The van der Waals surface area contributed by atoms with Crippen molar-refractivity contribution in [1.29, 1.82) is 0 Å². The Morgan fingerprint density at radius 1 is 1.28 bits per heavy atom. The molecule has 1 aromatic carbocycles. The summed E-state index contributed by atoms with van der Waals surface area (Å²) in [7, 11) is 0. The number of carbonyl (C=O) groups excluding carboxylic acids is 1. The van der Waals surface area contributed by atoms with Gasteiger partial charge in [0.05, 0.1) is 18.6 Å². The summed E-state index contributed by atoms with van der Waals surface area (Å²) in [4.78, 5) is 25.7. The van der Waals surface area contributed by atoms with Gasteiger partial charge in [0.15, 0.2) is 0 Å². The first-order chi connectivity index (χ1) is 12.0. The van der Waals surface area contributed by atoms with E-state index in [0.717, 1.165) is 42.2 Å². The lowest BCUT2D eigenvalue weighted by atomic mass is 10.0. The predicted octanol–water partition coefficient (Wildman–Crippen LogP) is 3.18. The maximum Gasteiger partial charge on any atom is 0.308 e. The van der Waals surface area contributed by atoms with Crippen LogP contribution >= 0.6 is 0 Å². The van der Waals surface area contributed by atoms with Gasteiger partial charge in [0.1, 0.15) is 5.58 Å². The SMILES string of the molecule is CC(CN(C(=O)Cc1coc2cc3c(cc12)CCC3)C1CC1)C(=O)O. The minimum atomic E-state index is -0.859. The van der Waals surface area contributed by atoms with Crippen molar-refractivity contribution in [3.8, 4) is 0 Å². The molecule has 0 radical (unpaired) electrons. The number of carboxylic acids is 1. The summed E-state index contributed by atoms with van der Waals surface area (Å²) in [5, 5.41) is 10.2. The van der Waals surface area contributed by atoms with Crippen LogP contribution in [0.15, 0.2) is 22.8 Å². The number of aliphatic carboxylic acids is 1. The second-order valence-corrected chi connectivity index (χ2v) is 7.42. The van der Waals surface area contributed by atoms with Crippen LogP contribution in [-0.4, -0.2) is 34.5 Å². The largest absolute Gasteiger partial charge is 0.481 e. The fourth-order valence-corrected chi connectivity index (χ4v) is 3.76. The highest BCUT2D eigenvalue weighted by molar-refractivity contribution is 5.89. The van der Waals surface area contributed by atoms with Crippen LogP contribution in [-0.2, 0) is 28.9 Å². The van der Waals surface area contributed by atoms with Crippen molar-refractivity contribution in [2.75, 3.05) is 6.54 Å². The topological polar surface area (TPSA) is 70.8 Å². The molecule has 0 aliphatic heterocycles. The molecule has 1 atom stereocenters. The van der Waals surface area contributed by atoms with Gasteiger partial charge in [-0.25, -0.2) is 0 Å². The van der Waals surface area contributed by atoms with Crippen LogP contribution in [0, 0.1) is 5.92 Å². The van der Waals surface area contributed by atoms with E-state index in [-0.39, 0.29) is 24.9 Å². The summed E-state index contributed by atoms with van der Waals surface area (Å²) in [5.74, 6) is -1.41. The van der Waals surface area contributed by atoms with Crippen molar-refractivity contribution in [2.45, 2.75) is 51.5 Å². The van der Waals surface area contributed by atoms with Crippen molar-refractivity contribution < 1.29 is 19.1 Å². The summed E-state index contributed by atoms with van der Waals surface area (Å²) in [6.07, 6.45) is 7.27. The third-order valence-electron chi connectivity index (χ3n) is 5.41. The minimum absolute atomic E-state index is 0.00111. The molecule has 5 heteroatoms. The number of hydrogen-bond donors (Lipinski definition) is 1. The molecule has 5 nitrogen and oxygen atoms in total. The summed E-state index contributed by atoms with van der Waals surface area (Å²) in [6, 6.07) is 4.48. The molecule has 1 unspecified atom stereocenters. The average molecular weight is 341 g/mol. The number of hydrogen-bond acceptors (Lipinski definition) is 3. The van der Waals surface area contributed by atoms with Gasteiger partial charge in [-0.2, -0.15) is 0 Å². The molecule has 132 valence electrons. The Morgan fingerprint density at radius 2 is 2.00 bits per heavy atom.